The van der Waals surface area contributed by atoms with Crippen molar-refractivity contribution in [3.05, 3.63) is 52.6 Å². The predicted molar refractivity (Wildman–Crippen MR) is 87.2 cm³/mol. The summed E-state index contributed by atoms with van der Waals surface area (Å²) in [5.74, 6) is -1.10. The molecule has 0 fully saturated rings. The highest BCUT2D eigenvalue weighted by atomic mass is 16.5. The summed E-state index contributed by atoms with van der Waals surface area (Å²) in [7, 11) is 4.01. The number of aromatic hydroxyl groups is 1. The van der Waals surface area contributed by atoms with E-state index in [0.717, 1.165) is 5.56 Å². The van der Waals surface area contributed by atoms with Crippen molar-refractivity contribution in [3.8, 4) is 17.2 Å². The van der Waals surface area contributed by atoms with Crippen molar-refractivity contribution >= 4 is 11.8 Å². The molecule has 0 bridgehead atoms. The minimum atomic E-state index is -0.678. The van der Waals surface area contributed by atoms with Gasteiger partial charge in [0.25, 0.3) is 0 Å². The van der Waals surface area contributed by atoms with Crippen LogP contribution in [0.2, 0.25) is 0 Å². The third-order valence-corrected chi connectivity index (χ3v) is 3.55. The molecule has 0 aliphatic heterocycles. The maximum Gasteiger partial charge on any atom is 0.338 e. The van der Waals surface area contributed by atoms with E-state index in [2.05, 4.69) is 0 Å². The maximum atomic E-state index is 13.1. The van der Waals surface area contributed by atoms with Crippen molar-refractivity contribution in [2.24, 2.45) is 0 Å². The first-order valence-corrected chi connectivity index (χ1v) is 7.12. The lowest BCUT2D eigenvalue weighted by atomic mass is 9.95. The molecule has 2 aromatic rings. The number of methoxy groups -OCH3 is 3. The van der Waals surface area contributed by atoms with Gasteiger partial charge < -0.3 is 19.3 Å². The van der Waals surface area contributed by atoms with Crippen LogP contribution in [0.15, 0.2) is 30.3 Å². The molecular formula is C18H18O6. The molecule has 0 aromatic heterocycles. The van der Waals surface area contributed by atoms with Gasteiger partial charge in [-0.3, -0.25) is 4.79 Å². The van der Waals surface area contributed by atoms with Crippen LogP contribution in [0.1, 0.15) is 31.8 Å². The van der Waals surface area contributed by atoms with Gasteiger partial charge in [-0.25, -0.2) is 4.79 Å². The Balaban J connectivity index is 2.73. The van der Waals surface area contributed by atoms with E-state index in [1.165, 1.54) is 33.5 Å². The van der Waals surface area contributed by atoms with Gasteiger partial charge in [0.05, 0.1) is 32.5 Å². The second-order valence-corrected chi connectivity index (χ2v) is 5.06. The van der Waals surface area contributed by atoms with Crippen molar-refractivity contribution in [3.63, 3.8) is 0 Å². The molecule has 126 valence electrons. The fourth-order valence-corrected chi connectivity index (χ4v) is 2.46. The molecule has 0 amide bonds. The van der Waals surface area contributed by atoms with E-state index in [4.69, 9.17) is 14.2 Å². The smallest absolute Gasteiger partial charge is 0.338 e. The number of ether oxygens (including phenoxy) is 3. The van der Waals surface area contributed by atoms with Gasteiger partial charge in [-0.1, -0.05) is 6.07 Å². The van der Waals surface area contributed by atoms with E-state index in [-0.39, 0.29) is 33.9 Å². The molecule has 0 saturated heterocycles. The first-order chi connectivity index (χ1) is 11.4. The number of carbonyl (C=O) groups is 2. The summed E-state index contributed by atoms with van der Waals surface area (Å²) in [5.41, 5.74) is 0.736. The first kappa shape index (κ1) is 17.3. The van der Waals surface area contributed by atoms with Crippen LogP contribution < -0.4 is 9.47 Å². The number of hydrogen-bond acceptors (Lipinski definition) is 6. The number of benzene rings is 2. The summed E-state index contributed by atoms with van der Waals surface area (Å²) in [6.45, 7) is 1.76. The Labute approximate surface area is 139 Å². The van der Waals surface area contributed by atoms with Gasteiger partial charge in [0.1, 0.15) is 22.8 Å². The number of esters is 1. The average Bonchev–Trinajstić information content (AvgIpc) is 2.58. The van der Waals surface area contributed by atoms with Gasteiger partial charge in [0.2, 0.25) is 5.78 Å². The van der Waals surface area contributed by atoms with Crippen molar-refractivity contribution in [2.75, 3.05) is 21.3 Å². The lowest BCUT2D eigenvalue weighted by molar-refractivity contribution is 0.0597. The van der Waals surface area contributed by atoms with Crippen LogP contribution in [0.3, 0.4) is 0 Å². The summed E-state index contributed by atoms with van der Waals surface area (Å²) in [5, 5.41) is 10.2. The Morgan fingerprint density at radius 1 is 0.958 bits per heavy atom. The summed E-state index contributed by atoms with van der Waals surface area (Å²) in [4.78, 5) is 25.1. The number of ketones is 1. The highest BCUT2D eigenvalue weighted by molar-refractivity contribution is 6.18. The molecule has 0 radical (unpaired) electrons. The molecule has 2 rings (SSSR count). The van der Waals surface area contributed by atoms with E-state index >= 15 is 0 Å². The summed E-state index contributed by atoms with van der Waals surface area (Å²) in [6, 6.07) is 7.66. The number of phenolic OH excluding ortho intramolecular Hbond substituents is 1. The Morgan fingerprint density at radius 3 is 2.21 bits per heavy atom. The molecule has 0 saturated carbocycles. The number of rotatable bonds is 5. The topological polar surface area (TPSA) is 82.1 Å². The van der Waals surface area contributed by atoms with E-state index in [1.807, 2.05) is 0 Å². The molecule has 6 nitrogen and oxygen atoms in total. The molecule has 0 heterocycles. The average molecular weight is 330 g/mol. The minimum absolute atomic E-state index is 0.00398. The summed E-state index contributed by atoms with van der Waals surface area (Å²) < 4.78 is 15.1. The zero-order valence-electron chi connectivity index (χ0n) is 13.9. The van der Waals surface area contributed by atoms with Gasteiger partial charge in [-0.05, 0) is 36.8 Å². The van der Waals surface area contributed by atoms with Crippen LogP contribution in [-0.4, -0.2) is 38.2 Å². The van der Waals surface area contributed by atoms with Crippen LogP contribution in [0.5, 0.6) is 17.2 Å². The van der Waals surface area contributed by atoms with Crippen LogP contribution in [0.25, 0.3) is 0 Å². The van der Waals surface area contributed by atoms with E-state index in [1.54, 1.807) is 25.1 Å². The molecule has 0 unspecified atom stereocenters. The maximum absolute atomic E-state index is 13.1. The van der Waals surface area contributed by atoms with Gasteiger partial charge >= 0.3 is 5.97 Å². The van der Waals surface area contributed by atoms with Crippen LogP contribution >= 0.6 is 0 Å². The third-order valence-electron chi connectivity index (χ3n) is 3.55. The van der Waals surface area contributed by atoms with E-state index < -0.39 is 11.8 Å². The minimum Gasteiger partial charge on any atom is -0.507 e. The molecule has 0 spiro atoms. The molecule has 2 aromatic carbocycles. The van der Waals surface area contributed by atoms with Crippen LogP contribution in [0, 0.1) is 6.92 Å². The van der Waals surface area contributed by atoms with Gasteiger partial charge in [0, 0.05) is 0 Å². The van der Waals surface area contributed by atoms with E-state index in [0.29, 0.717) is 0 Å². The lowest BCUT2D eigenvalue weighted by Crippen LogP contribution is -2.14. The molecule has 0 aliphatic carbocycles. The Kier molecular flexibility index (Phi) is 5.08. The van der Waals surface area contributed by atoms with Crippen molar-refractivity contribution in [2.45, 2.75) is 6.92 Å². The van der Waals surface area contributed by atoms with Crippen LogP contribution in [-0.2, 0) is 4.74 Å². The van der Waals surface area contributed by atoms with Gasteiger partial charge in [-0.15, -0.1) is 0 Å². The molecular weight excluding hydrogens is 312 g/mol. The zero-order chi connectivity index (χ0) is 17.9. The molecule has 0 aliphatic rings. The molecule has 0 atom stereocenters. The fourth-order valence-electron chi connectivity index (χ4n) is 2.46. The zero-order valence-corrected chi connectivity index (χ0v) is 13.9. The molecule has 1 N–H and O–H groups in total. The monoisotopic (exact) mass is 330 g/mol. The predicted octanol–water partition coefficient (Wildman–Crippen LogP) is 2.74. The normalized spacial score (nSPS) is 10.2. The van der Waals surface area contributed by atoms with E-state index in [9.17, 15) is 14.7 Å². The van der Waals surface area contributed by atoms with Crippen molar-refractivity contribution < 1.29 is 28.9 Å². The Hall–Kier alpha value is -3.02. The number of hydrogen-bond donors (Lipinski definition) is 1. The highest BCUT2D eigenvalue weighted by Gasteiger charge is 2.27. The Bertz CT molecular complexity index is 794. The quantitative estimate of drug-likeness (QED) is 0.670. The number of aryl methyl sites for hydroxylation is 1. The Morgan fingerprint density at radius 2 is 1.62 bits per heavy atom. The van der Waals surface area contributed by atoms with Crippen molar-refractivity contribution in [1.82, 2.24) is 0 Å². The number of phenols is 1. The number of carbonyl (C=O) groups excluding carboxylic acids is 2. The molecule has 24 heavy (non-hydrogen) atoms. The summed E-state index contributed by atoms with van der Waals surface area (Å²) >= 11 is 0. The van der Waals surface area contributed by atoms with Crippen molar-refractivity contribution in [1.29, 1.82) is 0 Å². The second-order valence-electron chi connectivity index (χ2n) is 5.06. The third kappa shape index (κ3) is 3.03. The largest absolute Gasteiger partial charge is 0.507 e. The molecule has 6 heteroatoms. The highest BCUT2D eigenvalue weighted by Crippen LogP contribution is 2.35. The first-order valence-electron chi connectivity index (χ1n) is 7.12. The van der Waals surface area contributed by atoms with Gasteiger partial charge in [-0.2, -0.15) is 0 Å². The second kappa shape index (κ2) is 7.04. The fraction of sp³-hybridized carbons (Fsp3) is 0.222. The van der Waals surface area contributed by atoms with Crippen LogP contribution in [0.4, 0.5) is 0 Å². The lowest BCUT2D eigenvalue weighted by Gasteiger charge is -2.15. The SMILES string of the molecule is COC(=O)c1cccc(OC)c1C(=O)c1c(O)cc(C)cc1OC. The standard InChI is InChI=1S/C18H18O6/c1-10-8-12(19)16(14(9-10)23-3)17(20)15-11(18(21)24-4)6-5-7-13(15)22-2/h5-9,19H,1-4H3. The van der Waals surface area contributed by atoms with Gasteiger partial charge in [0.15, 0.2) is 0 Å². The summed E-state index contributed by atoms with van der Waals surface area (Å²) in [6.07, 6.45) is 0.